The molecule has 0 aromatic carbocycles. The quantitative estimate of drug-likeness (QED) is 0.671. The molecule has 6 heteroatoms. The first-order valence-electron chi connectivity index (χ1n) is 3.67. The fourth-order valence-corrected chi connectivity index (χ4v) is 1.80. The van der Waals surface area contributed by atoms with E-state index in [1.807, 2.05) is 0 Å². The van der Waals surface area contributed by atoms with Crippen molar-refractivity contribution in [2.45, 2.75) is 13.0 Å². The predicted octanol–water partition coefficient (Wildman–Crippen LogP) is 1.95. The molecular formula is C8H6F2IN3. The topological polar surface area (TPSA) is 62.7 Å². The molecular weight excluding hydrogens is 303 g/mol. The van der Waals surface area contributed by atoms with Gasteiger partial charge in [-0.3, -0.25) is 0 Å². The first kappa shape index (κ1) is 11.3. The number of rotatable bonds is 2. The van der Waals surface area contributed by atoms with E-state index in [1.165, 1.54) is 0 Å². The zero-order chi connectivity index (χ0) is 10.7. The molecule has 0 saturated carbocycles. The molecule has 0 radical (unpaired) electrons. The van der Waals surface area contributed by atoms with Gasteiger partial charge in [0, 0.05) is 17.7 Å². The average molecular weight is 309 g/mol. The minimum Gasteiger partial charge on any atom is -0.326 e. The van der Waals surface area contributed by atoms with Crippen molar-refractivity contribution in [1.82, 2.24) is 4.98 Å². The molecule has 14 heavy (non-hydrogen) atoms. The molecule has 0 spiro atoms. The largest absolute Gasteiger partial charge is 0.326 e. The highest BCUT2D eigenvalue weighted by atomic mass is 127. The lowest BCUT2D eigenvalue weighted by molar-refractivity contribution is 0.150. The van der Waals surface area contributed by atoms with E-state index in [-0.39, 0.29) is 17.8 Å². The summed E-state index contributed by atoms with van der Waals surface area (Å²) in [5, 5.41) is 8.54. The maximum absolute atomic E-state index is 12.5. The van der Waals surface area contributed by atoms with Crippen LogP contribution in [0.25, 0.3) is 0 Å². The lowest BCUT2D eigenvalue weighted by atomic mass is 10.1. The predicted molar refractivity (Wildman–Crippen MR) is 54.5 cm³/mol. The van der Waals surface area contributed by atoms with Crippen molar-refractivity contribution in [2.24, 2.45) is 5.73 Å². The SMILES string of the molecule is N#Cc1cc(C(F)F)c(CN)c(I)n1. The number of nitrogens with zero attached hydrogens (tertiary/aromatic N) is 2. The summed E-state index contributed by atoms with van der Waals surface area (Å²) in [6.07, 6.45) is -2.63. The molecule has 0 aliphatic heterocycles. The summed E-state index contributed by atoms with van der Waals surface area (Å²) in [7, 11) is 0. The lowest BCUT2D eigenvalue weighted by Crippen LogP contribution is -2.07. The van der Waals surface area contributed by atoms with Crippen LogP contribution in [0.15, 0.2) is 6.07 Å². The van der Waals surface area contributed by atoms with E-state index in [0.29, 0.717) is 9.26 Å². The summed E-state index contributed by atoms with van der Waals surface area (Å²) in [6, 6.07) is 2.80. The van der Waals surface area contributed by atoms with E-state index in [0.717, 1.165) is 6.07 Å². The Morgan fingerprint density at radius 1 is 1.64 bits per heavy atom. The molecule has 74 valence electrons. The van der Waals surface area contributed by atoms with Crippen LogP contribution in [0.5, 0.6) is 0 Å². The van der Waals surface area contributed by atoms with Crippen LogP contribution >= 0.6 is 22.6 Å². The van der Waals surface area contributed by atoms with Crippen LogP contribution in [-0.4, -0.2) is 4.98 Å². The van der Waals surface area contributed by atoms with Crippen molar-refractivity contribution in [3.05, 3.63) is 26.6 Å². The van der Waals surface area contributed by atoms with Crippen LogP contribution in [0, 0.1) is 15.0 Å². The highest BCUT2D eigenvalue weighted by molar-refractivity contribution is 14.1. The number of hydrogen-bond acceptors (Lipinski definition) is 3. The Kier molecular flexibility index (Phi) is 3.71. The Balaban J connectivity index is 3.37. The second kappa shape index (κ2) is 4.61. The summed E-state index contributed by atoms with van der Waals surface area (Å²) in [6.45, 7) is -0.00332. The zero-order valence-corrected chi connectivity index (χ0v) is 9.12. The molecule has 0 amide bonds. The van der Waals surface area contributed by atoms with Crippen molar-refractivity contribution >= 4 is 22.6 Å². The van der Waals surface area contributed by atoms with Crippen molar-refractivity contribution in [2.75, 3.05) is 0 Å². The van der Waals surface area contributed by atoms with Crippen LogP contribution in [-0.2, 0) is 6.54 Å². The molecule has 0 bridgehead atoms. The van der Waals surface area contributed by atoms with E-state index in [4.69, 9.17) is 11.0 Å². The van der Waals surface area contributed by atoms with Crippen LogP contribution in [0.2, 0.25) is 0 Å². The average Bonchev–Trinajstić information content (AvgIpc) is 2.16. The van der Waals surface area contributed by atoms with Gasteiger partial charge in [-0.25, -0.2) is 13.8 Å². The molecule has 2 N–H and O–H groups in total. The highest BCUT2D eigenvalue weighted by Gasteiger charge is 2.16. The summed E-state index contributed by atoms with van der Waals surface area (Å²) in [4.78, 5) is 3.82. The summed E-state index contributed by atoms with van der Waals surface area (Å²) in [5.41, 5.74) is 5.41. The Bertz CT molecular complexity index is 387. The van der Waals surface area contributed by atoms with E-state index < -0.39 is 6.43 Å². The Morgan fingerprint density at radius 2 is 2.29 bits per heavy atom. The zero-order valence-electron chi connectivity index (χ0n) is 6.97. The van der Waals surface area contributed by atoms with Gasteiger partial charge in [0.05, 0.1) is 0 Å². The Morgan fingerprint density at radius 3 is 2.71 bits per heavy atom. The molecule has 0 unspecified atom stereocenters. The lowest BCUT2D eigenvalue weighted by Gasteiger charge is -2.08. The summed E-state index contributed by atoms with van der Waals surface area (Å²) in [5.74, 6) is 0. The molecule has 1 aromatic rings. The summed E-state index contributed by atoms with van der Waals surface area (Å²) < 4.78 is 25.4. The number of halogens is 3. The third-order valence-electron chi connectivity index (χ3n) is 1.66. The number of nitrogens with two attached hydrogens (primary N) is 1. The van der Waals surface area contributed by atoms with Crippen molar-refractivity contribution in [3.63, 3.8) is 0 Å². The van der Waals surface area contributed by atoms with Gasteiger partial charge >= 0.3 is 0 Å². The minimum absolute atomic E-state index is 0.00332. The van der Waals surface area contributed by atoms with E-state index >= 15 is 0 Å². The fraction of sp³-hybridized carbons (Fsp3) is 0.250. The number of hydrogen-bond donors (Lipinski definition) is 1. The molecule has 1 rings (SSSR count). The third kappa shape index (κ3) is 2.16. The van der Waals surface area contributed by atoms with Gasteiger partial charge in [0.2, 0.25) is 0 Å². The molecule has 0 aliphatic carbocycles. The van der Waals surface area contributed by atoms with Crippen LogP contribution < -0.4 is 5.73 Å². The van der Waals surface area contributed by atoms with Crippen molar-refractivity contribution in [3.8, 4) is 6.07 Å². The van der Waals surface area contributed by atoms with Gasteiger partial charge in [0.25, 0.3) is 6.43 Å². The normalized spacial score (nSPS) is 10.3. The maximum Gasteiger partial charge on any atom is 0.264 e. The van der Waals surface area contributed by atoms with Gasteiger partial charge < -0.3 is 5.73 Å². The van der Waals surface area contributed by atoms with E-state index in [9.17, 15) is 8.78 Å². The Labute approximate surface area is 93.1 Å². The van der Waals surface area contributed by atoms with Crippen LogP contribution in [0.1, 0.15) is 23.2 Å². The number of aromatic nitrogens is 1. The van der Waals surface area contributed by atoms with E-state index in [2.05, 4.69) is 4.98 Å². The number of nitriles is 1. The monoisotopic (exact) mass is 309 g/mol. The molecule has 0 atom stereocenters. The second-order valence-corrected chi connectivity index (χ2v) is 3.50. The highest BCUT2D eigenvalue weighted by Crippen LogP contribution is 2.25. The molecule has 0 aliphatic rings. The van der Waals surface area contributed by atoms with Crippen LogP contribution in [0.4, 0.5) is 8.78 Å². The third-order valence-corrected chi connectivity index (χ3v) is 2.55. The number of pyridine rings is 1. The first-order chi connectivity index (χ1) is 6.60. The van der Waals surface area contributed by atoms with Gasteiger partial charge in [-0.15, -0.1) is 0 Å². The van der Waals surface area contributed by atoms with Gasteiger partial charge in [0.15, 0.2) is 0 Å². The number of alkyl halides is 2. The van der Waals surface area contributed by atoms with E-state index in [1.54, 1.807) is 28.7 Å². The van der Waals surface area contributed by atoms with Crippen LogP contribution in [0.3, 0.4) is 0 Å². The smallest absolute Gasteiger partial charge is 0.264 e. The van der Waals surface area contributed by atoms with Crippen molar-refractivity contribution < 1.29 is 8.78 Å². The molecule has 3 nitrogen and oxygen atoms in total. The fourth-order valence-electron chi connectivity index (χ4n) is 1.01. The van der Waals surface area contributed by atoms with Gasteiger partial charge in [-0.05, 0) is 28.7 Å². The minimum atomic E-state index is -2.63. The standard InChI is InChI=1S/C8H6F2IN3/c9-7(10)5-1-4(2-12)14-8(11)6(5)3-13/h1,7H,3,13H2. The first-order valence-corrected chi connectivity index (χ1v) is 4.75. The Hall–Kier alpha value is -0.810. The molecule has 0 fully saturated rings. The molecule has 0 saturated heterocycles. The van der Waals surface area contributed by atoms with Crippen molar-refractivity contribution in [1.29, 1.82) is 5.26 Å². The van der Waals surface area contributed by atoms with Gasteiger partial charge in [-0.2, -0.15) is 5.26 Å². The second-order valence-electron chi connectivity index (χ2n) is 2.48. The van der Waals surface area contributed by atoms with Gasteiger partial charge in [0.1, 0.15) is 15.5 Å². The van der Waals surface area contributed by atoms with Gasteiger partial charge in [-0.1, -0.05) is 0 Å². The molecule has 1 heterocycles. The maximum atomic E-state index is 12.5. The summed E-state index contributed by atoms with van der Waals surface area (Å²) >= 11 is 1.79. The molecule has 1 aromatic heterocycles.